The minimum atomic E-state index is 0.128. The van der Waals surface area contributed by atoms with E-state index in [1.54, 1.807) is 0 Å². The van der Waals surface area contributed by atoms with Gasteiger partial charge in [0, 0.05) is 54.1 Å². The van der Waals surface area contributed by atoms with Crippen molar-refractivity contribution in [1.82, 2.24) is 10.2 Å². The Morgan fingerprint density at radius 2 is 1.89 bits per heavy atom. The molecule has 2 rings (SSSR count). The van der Waals surface area contributed by atoms with Crippen LogP contribution < -0.4 is 5.32 Å². The quantitative estimate of drug-likeness (QED) is 0.865. The van der Waals surface area contributed by atoms with Crippen LogP contribution in [0.1, 0.15) is 26.7 Å². The molecule has 1 unspecified atom stereocenters. The number of carbonyl (C=O) groups is 1. The Hall–Kier alpha value is 0.130. The zero-order chi connectivity index (χ0) is 13.7. The molecule has 1 N–H and O–H groups in total. The van der Waals surface area contributed by atoms with Gasteiger partial charge in [-0.25, -0.2) is 0 Å². The standard InChI is InChI=1S/C14H26N2OS2/c1-11(2)14(17)16-5-3-4-12(8-16)15-13-9-18-6-7-19-10-13/h11-13,15H,3-10H2,1-2H3. The van der Waals surface area contributed by atoms with Gasteiger partial charge in [0.05, 0.1) is 0 Å². The van der Waals surface area contributed by atoms with Crippen molar-refractivity contribution >= 4 is 29.4 Å². The molecule has 0 aliphatic carbocycles. The molecular weight excluding hydrogens is 276 g/mol. The number of piperidine rings is 1. The first-order valence-corrected chi connectivity index (χ1v) is 9.68. The minimum Gasteiger partial charge on any atom is -0.341 e. The highest BCUT2D eigenvalue weighted by atomic mass is 32.2. The van der Waals surface area contributed by atoms with Gasteiger partial charge in [-0.1, -0.05) is 13.8 Å². The van der Waals surface area contributed by atoms with Crippen LogP contribution in [0.3, 0.4) is 0 Å². The van der Waals surface area contributed by atoms with Crippen molar-refractivity contribution < 1.29 is 4.79 Å². The molecule has 0 saturated carbocycles. The molecule has 2 aliphatic heterocycles. The van der Waals surface area contributed by atoms with Crippen molar-refractivity contribution in [2.75, 3.05) is 36.1 Å². The summed E-state index contributed by atoms with van der Waals surface area (Å²) in [4.78, 5) is 14.1. The Balaban J connectivity index is 1.81. The van der Waals surface area contributed by atoms with E-state index in [-0.39, 0.29) is 5.92 Å². The lowest BCUT2D eigenvalue weighted by molar-refractivity contribution is -0.135. The van der Waals surface area contributed by atoms with Crippen LogP contribution in [0.4, 0.5) is 0 Å². The molecule has 5 heteroatoms. The molecule has 3 nitrogen and oxygen atoms in total. The number of nitrogens with one attached hydrogen (secondary N) is 1. The maximum Gasteiger partial charge on any atom is 0.225 e. The largest absolute Gasteiger partial charge is 0.341 e. The first kappa shape index (κ1) is 15.5. The number of hydrogen-bond acceptors (Lipinski definition) is 4. The highest BCUT2D eigenvalue weighted by Crippen LogP contribution is 2.19. The molecule has 19 heavy (non-hydrogen) atoms. The van der Waals surface area contributed by atoms with Gasteiger partial charge >= 0.3 is 0 Å². The van der Waals surface area contributed by atoms with Crippen molar-refractivity contribution in [3.63, 3.8) is 0 Å². The average molecular weight is 303 g/mol. The monoisotopic (exact) mass is 302 g/mol. The number of nitrogens with zero attached hydrogens (tertiary/aromatic N) is 1. The summed E-state index contributed by atoms with van der Waals surface area (Å²) in [6, 6.07) is 1.12. The third kappa shape index (κ3) is 4.87. The summed E-state index contributed by atoms with van der Waals surface area (Å²) in [5.74, 6) is 5.46. The SMILES string of the molecule is CC(C)C(=O)N1CCCC(NC2CSCCSC2)C1. The maximum absolute atomic E-state index is 12.1. The Bertz CT molecular complexity index is 291. The summed E-state index contributed by atoms with van der Waals surface area (Å²) in [6.45, 7) is 5.85. The molecular formula is C14H26N2OS2. The fraction of sp³-hybridized carbons (Fsp3) is 0.929. The molecule has 2 aliphatic rings. The van der Waals surface area contributed by atoms with Gasteiger partial charge in [0.1, 0.15) is 0 Å². The molecule has 0 aromatic rings. The van der Waals surface area contributed by atoms with Crippen LogP contribution in [-0.2, 0) is 4.79 Å². The van der Waals surface area contributed by atoms with Crippen molar-refractivity contribution in [3.8, 4) is 0 Å². The molecule has 110 valence electrons. The topological polar surface area (TPSA) is 32.3 Å². The van der Waals surface area contributed by atoms with E-state index in [4.69, 9.17) is 0 Å². The lowest BCUT2D eigenvalue weighted by Gasteiger charge is -2.36. The highest BCUT2D eigenvalue weighted by molar-refractivity contribution is 8.03. The van der Waals surface area contributed by atoms with Gasteiger partial charge < -0.3 is 10.2 Å². The van der Waals surface area contributed by atoms with E-state index in [9.17, 15) is 4.79 Å². The highest BCUT2D eigenvalue weighted by Gasteiger charge is 2.26. The van der Waals surface area contributed by atoms with E-state index < -0.39 is 0 Å². The van der Waals surface area contributed by atoms with E-state index in [1.807, 2.05) is 13.8 Å². The van der Waals surface area contributed by atoms with Gasteiger partial charge in [0.25, 0.3) is 0 Å². The van der Waals surface area contributed by atoms with Crippen LogP contribution in [0.15, 0.2) is 0 Å². The molecule has 0 bridgehead atoms. The number of thioether (sulfide) groups is 2. The summed E-state index contributed by atoms with van der Waals surface area (Å²) in [5, 5.41) is 3.79. The number of hydrogen-bond donors (Lipinski definition) is 1. The maximum atomic E-state index is 12.1. The summed E-state index contributed by atoms with van der Waals surface area (Å²) < 4.78 is 0. The zero-order valence-corrected chi connectivity index (χ0v) is 13.7. The lowest BCUT2D eigenvalue weighted by atomic mass is 10.0. The first-order chi connectivity index (χ1) is 9.16. The van der Waals surface area contributed by atoms with E-state index in [1.165, 1.54) is 29.4 Å². The predicted octanol–water partition coefficient (Wildman–Crippen LogP) is 2.07. The van der Waals surface area contributed by atoms with Crippen molar-refractivity contribution in [2.24, 2.45) is 5.92 Å². The second-order valence-corrected chi connectivity index (χ2v) is 8.09. The average Bonchev–Trinajstić information content (AvgIpc) is 2.66. The minimum absolute atomic E-state index is 0.128. The second-order valence-electron chi connectivity index (χ2n) is 5.79. The van der Waals surface area contributed by atoms with Crippen LogP contribution in [0, 0.1) is 5.92 Å². The zero-order valence-electron chi connectivity index (χ0n) is 12.1. The molecule has 0 spiro atoms. The molecule has 0 aromatic heterocycles. The molecule has 0 aromatic carbocycles. The van der Waals surface area contributed by atoms with E-state index in [2.05, 4.69) is 33.7 Å². The first-order valence-electron chi connectivity index (χ1n) is 7.37. The van der Waals surface area contributed by atoms with Gasteiger partial charge in [-0.15, -0.1) is 0 Å². The molecule has 1 atom stereocenters. The molecule has 2 fully saturated rings. The fourth-order valence-corrected chi connectivity index (χ4v) is 5.15. The molecule has 1 amide bonds. The van der Waals surface area contributed by atoms with Crippen LogP contribution in [-0.4, -0.2) is 59.0 Å². The molecule has 0 radical (unpaired) electrons. The molecule has 2 saturated heterocycles. The van der Waals surface area contributed by atoms with Gasteiger partial charge in [-0.05, 0) is 12.8 Å². The Morgan fingerprint density at radius 3 is 2.53 bits per heavy atom. The summed E-state index contributed by atoms with van der Waals surface area (Å²) in [5.41, 5.74) is 0. The van der Waals surface area contributed by atoms with Crippen molar-refractivity contribution in [2.45, 2.75) is 38.8 Å². The smallest absolute Gasteiger partial charge is 0.225 e. The Morgan fingerprint density at radius 1 is 1.21 bits per heavy atom. The van der Waals surface area contributed by atoms with Gasteiger partial charge in [0.2, 0.25) is 5.91 Å². The van der Waals surface area contributed by atoms with Crippen molar-refractivity contribution in [3.05, 3.63) is 0 Å². The molecule has 2 heterocycles. The third-order valence-electron chi connectivity index (χ3n) is 3.71. The normalized spacial score (nSPS) is 26.5. The predicted molar refractivity (Wildman–Crippen MR) is 86.0 cm³/mol. The number of likely N-dealkylation sites (tertiary alicyclic amines) is 1. The Labute approximate surface area is 125 Å². The Kier molecular flexibility index (Phi) is 6.36. The van der Waals surface area contributed by atoms with Crippen LogP contribution in [0.5, 0.6) is 0 Å². The third-order valence-corrected chi connectivity index (χ3v) is 6.23. The van der Waals surface area contributed by atoms with Gasteiger partial charge in [-0.2, -0.15) is 23.5 Å². The van der Waals surface area contributed by atoms with Crippen LogP contribution in [0.2, 0.25) is 0 Å². The van der Waals surface area contributed by atoms with Gasteiger partial charge in [0.15, 0.2) is 0 Å². The lowest BCUT2D eigenvalue weighted by Crippen LogP contribution is -2.52. The van der Waals surface area contributed by atoms with E-state index >= 15 is 0 Å². The number of rotatable bonds is 3. The van der Waals surface area contributed by atoms with Crippen LogP contribution in [0.25, 0.3) is 0 Å². The fourth-order valence-electron chi connectivity index (χ4n) is 2.73. The van der Waals surface area contributed by atoms with Crippen molar-refractivity contribution in [1.29, 1.82) is 0 Å². The van der Waals surface area contributed by atoms with Gasteiger partial charge in [-0.3, -0.25) is 4.79 Å². The summed E-state index contributed by atoms with van der Waals surface area (Å²) >= 11 is 4.12. The van der Waals surface area contributed by atoms with Crippen LogP contribution >= 0.6 is 23.5 Å². The summed E-state index contributed by atoms with van der Waals surface area (Å²) in [6.07, 6.45) is 2.36. The number of carbonyl (C=O) groups excluding carboxylic acids is 1. The summed E-state index contributed by atoms with van der Waals surface area (Å²) in [7, 11) is 0. The second kappa shape index (κ2) is 7.79. The van der Waals surface area contributed by atoms with E-state index in [0.29, 0.717) is 18.0 Å². The number of amides is 1. The van der Waals surface area contributed by atoms with E-state index in [0.717, 1.165) is 19.5 Å².